The molecular formula is C17H24N2O3S. The molecule has 1 aromatic carbocycles. The van der Waals surface area contributed by atoms with Crippen molar-refractivity contribution in [2.75, 3.05) is 25.9 Å². The Kier molecular flexibility index (Phi) is 4.62. The fourth-order valence-electron chi connectivity index (χ4n) is 3.51. The van der Waals surface area contributed by atoms with Crippen LogP contribution >= 0.6 is 0 Å². The monoisotopic (exact) mass is 336 g/mol. The lowest BCUT2D eigenvalue weighted by molar-refractivity contribution is 0.197. The van der Waals surface area contributed by atoms with Crippen molar-refractivity contribution in [1.82, 2.24) is 10.2 Å². The number of urea groups is 1. The van der Waals surface area contributed by atoms with Crippen LogP contribution in [0.15, 0.2) is 30.3 Å². The number of likely N-dealkylation sites (tertiary alicyclic amines) is 1. The standard InChI is InChI=1S/C17H24N2O3S/c1-23(21,22)16-7-8-19(12-16)17(20)18-11-13-9-15(10-13)14-5-3-2-4-6-14/h2-6,13,15-16H,7-12H2,1H3,(H,18,20)/t13?,15?,16-/m1/s1. The Balaban J connectivity index is 1.40. The van der Waals surface area contributed by atoms with E-state index >= 15 is 0 Å². The topological polar surface area (TPSA) is 66.5 Å². The van der Waals surface area contributed by atoms with Crippen molar-refractivity contribution < 1.29 is 13.2 Å². The second kappa shape index (κ2) is 6.51. The minimum atomic E-state index is -3.05. The minimum absolute atomic E-state index is 0.126. The Hall–Kier alpha value is -1.56. The van der Waals surface area contributed by atoms with E-state index in [9.17, 15) is 13.2 Å². The molecule has 1 saturated carbocycles. The number of benzene rings is 1. The molecule has 1 aromatic rings. The van der Waals surface area contributed by atoms with Crippen LogP contribution in [0, 0.1) is 5.92 Å². The van der Waals surface area contributed by atoms with Crippen molar-refractivity contribution in [3.05, 3.63) is 35.9 Å². The summed E-state index contributed by atoms with van der Waals surface area (Å²) in [6.45, 7) is 1.53. The fourth-order valence-corrected chi connectivity index (χ4v) is 4.49. The van der Waals surface area contributed by atoms with Crippen LogP contribution in [0.25, 0.3) is 0 Å². The highest BCUT2D eigenvalue weighted by Crippen LogP contribution is 2.41. The van der Waals surface area contributed by atoms with Crippen LogP contribution in [0.4, 0.5) is 4.79 Å². The van der Waals surface area contributed by atoms with Crippen LogP contribution in [-0.4, -0.2) is 50.5 Å². The molecule has 0 bridgehead atoms. The number of sulfone groups is 1. The summed E-state index contributed by atoms with van der Waals surface area (Å²) in [5, 5.41) is 2.56. The largest absolute Gasteiger partial charge is 0.338 e. The first kappa shape index (κ1) is 16.3. The van der Waals surface area contributed by atoms with E-state index in [-0.39, 0.29) is 6.03 Å². The Labute approximate surface area is 138 Å². The molecule has 1 atom stereocenters. The average Bonchev–Trinajstić information content (AvgIpc) is 2.96. The van der Waals surface area contributed by atoms with Gasteiger partial charge in [-0.15, -0.1) is 0 Å². The zero-order valence-electron chi connectivity index (χ0n) is 13.4. The van der Waals surface area contributed by atoms with Gasteiger partial charge in [-0.25, -0.2) is 13.2 Å². The molecular weight excluding hydrogens is 312 g/mol. The highest BCUT2D eigenvalue weighted by atomic mass is 32.2. The van der Waals surface area contributed by atoms with Crippen molar-refractivity contribution in [2.45, 2.75) is 30.4 Å². The highest BCUT2D eigenvalue weighted by molar-refractivity contribution is 7.91. The maximum absolute atomic E-state index is 12.1. The maximum Gasteiger partial charge on any atom is 0.317 e. The third-order valence-corrected chi connectivity index (χ3v) is 6.68. The fraction of sp³-hybridized carbons (Fsp3) is 0.588. The van der Waals surface area contributed by atoms with Crippen molar-refractivity contribution in [3.63, 3.8) is 0 Å². The third kappa shape index (κ3) is 3.86. The highest BCUT2D eigenvalue weighted by Gasteiger charge is 2.34. The molecule has 0 unspecified atom stereocenters. The molecule has 2 fully saturated rings. The van der Waals surface area contributed by atoms with E-state index < -0.39 is 15.1 Å². The summed E-state index contributed by atoms with van der Waals surface area (Å²) in [4.78, 5) is 13.8. The minimum Gasteiger partial charge on any atom is -0.338 e. The van der Waals surface area contributed by atoms with Crippen molar-refractivity contribution in [1.29, 1.82) is 0 Å². The van der Waals surface area contributed by atoms with Crippen molar-refractivity contribution in [3.8, 4) is 0 Å². The number of nitrogens with one attached hydrogen (secondary N) is 1. The van der Waals surface area contributed by atoms with Gasteiger partial charge in [-0.05, 0) is 36.7 Å². The lowest BCUT2D eigenvalue weighted by atomic mass is 9.71. The van der Waals surface area contributed by atoms with Crippen molar-refractivity contribution in [2.24, 2.45) is 5.92 Å². The molecule has 0 radical (unpaired) electrons. The summed E-state index contributed by atoms with van der Waals surface area (Å²) >= 11 is 0. The van der Waals surface area contributed by atoms with Gasteiger partial charge in [0, 0.05) is 25.9 Å². The Morgan fingerprint density at radius 2 is 1.96 bits per heavy atom. The van der Waals surface area contributed by atoms with E-state index in [0.717, 1.165) is 12.8 Å². The average molecular weight is 336 g/mol. The van der Waals surface area contributed by atoms with Crippen LogP contribution in [0.3, 0.4) is 0 Å². The second-order valence-electron chi connectivity index (χ2n) is 6.82. The number of hydrogen-bond donors (Lipinski definition) is 1. The number of amides is 2. The van der Waals surface area contributed by atoms with Gasteiger partial charge in [-0.3, -0.25) is 0 Å². The SMILES string of the molecule is CS(=O)(=O)[C@@H]1CCN(C(=O)NCC2CC(c3ccccc3)C2)C1. The normalized spacial score (nSPS) is 27.5. The van der Waals surface area contributed by atoms with Crippen LogP contribution in [0.2, 0.25) is 0 Å². The van der Waals surface area contributed by atoms with E-state index in [4.69, 9.17) is 0 Å². The second-order valence-corrected chi connectivity index (χ2v) is 9.14. The Morgan fingerprint density at radius 1 is 1.26 bits per heavy atom. The summed E-state index contributed by atoms with van der Waals surface area (Å²) in [5.74, 6) is 1.14. The molecule has 1 aliphatic carbocycles. The number of rotatable bonds is 4. The van der Waals surface area contributed by atoms with Crippen LogP contribution < -0.4 is 5.32 Å². The smallest absolute Gasteiger partial charge is 0.317 e. The van der Waals surface area contributed by atoms with E-state index in [2.05, 4.69) is 29.6 Å². The lowest BCUT2D eigenvalue weighted by Gasteiger charge is -2.36. The summed E-state index contributed by atoms with van der Waals surface area (Å²) < 4.78 is 23.1. The van der Waals surface area contributed by atoms with E-state index in [0.29, 0.717) is 37.9 Å². The molecule has 126 valence electrons. The van der Waals surface area contributed by atoms with Crippen LogP contribution in [-0.2, 0) is 9.84 Å². The Morgan fingerprint density at radius 3 is 2.57 bits per heavy atom. The summed E-state index contributed by atoms with van der Waals surface area (Å²) in [6.07, 6.45) is 4.01. The molecule has 3 rings (SSSR count). The van der Waals surface area contributed by atoms with Gasteiger partial charge in [-0.2, -0.15) is 0 Å². The van der Waals surface area contributed by atoms with E-state index in [1.807, 2.05) is 6.07 Å². The molecule has 2 aliphatic rings. The maximum atomic E-state index is 12.1. The molecule has 1 N–H and O–H groups in total. The van der Waals surface area contributed by atoms with Gasteiger partial charge in [0.05, 0.1) is 5.25 Å². The molecule has 6 heteroatoms. The molecule has 1 aliphatic heterocycles. The first-order valence-corrected chi connectivity index (χ1v) is 10.2. The predicted octanol–water partition coefficient (Wildman–Crippen LogP) is 2.01. The third-order valence-electron chi connectivity index (χ3n) is 5.09. The number of carbonyl (C=O) groups excluding carboxylic acids is 1. The van der Waals surface area contributed by atoms with Gasteiger partial charge in [0.15, 0.2) is 9.84 Å². The van der Waals surface area contributed by atoms with Gasteiger partial charge in [0.2, 0.25) is 0 Å². The number of nitrogens with zero attached hydrogens (tertiary/aromatic N) is 1. The number of carbonyl (C=O) groups is 1. The Bertz CT molecular complexity index is 654. The van der Waals surface area contributed by atoms with Gasteiger partial charge < -0.3 is 10.2 Å². The first-order valence-electron chi connectivity index (χ1n) is 8.20. The van der Waals surface area contributed by atoms with E-state index in [1.54, 1.807) is 4.90 Å². The summed E-state index contributed by atoms with van der Waals surface area (Å²) in [6, 6.07) is 10.4. The van der Waals surface area contributed by atoms with Crippen molar-refractivity contribution >= 4 is 15.9 Å². The van der Waals surface area contributed by atoms with Gasteiger partial charge >= 0.3 is 6.03 Å². The molecule has 2 amide bonds. The van der Waals surface area contributed by atoms with Crippen LogP contribution in [0.1, 0.15) is 30.7 Å². The number of hydrogen-bond acceptors (Lipinski definition) is 3. The molecule has 1 heterocycles. The molecule has 0 aromatic heterocycles. The molecule has 0 spiro atoms. The zero-order valence-corrected chi connectivity index (χ0v) is 14.3. The predicted molar refractivity (Wildman–Crippen MR) is 90.1 cm³/mol. The van der Waals surface area contributed by atoms with Gasteiger partial charge in [0.25, 0.3) is 0 Å². The zero-order chi connectivity index (χ0) is 16.4. The van der Waals surface area contributed by atoms with E-state index in [1.165, 1.54) is 11.8 Å². The quantitative estimate of drug-likeness (QED) is 0.914. The molecule has 23 heavy (non-hydrogen) atoms. The molecule has 5 nitrogen and oxygen atoms in total. The summed E-state index contributed by atoms with van der Waals surface area (Å²) in [5.41, 5.74) is 1.38. The summed E-state index contributed by atoms with van der Waals surface area (Å²) in [7, 11) is -3.05. The van der Waals surface area contributed by atoms with Crippen LogP contribution in [0.5, 0.6) is 0 Å². The molecule has 1 saturated heterocycles. The lowest BCUT2D eigenvalue weighted by Crippen LogP contribution is -2.43. The van der Waals surface area contributed by atoms with Gasteiger partial charge in [0.1, 0.15) is 0 Å². The first-order chi connectivity index (χ1) is 10.9. The van der Waals surface area contributed by atoms with Gasteiger partial charge in [-0.1, -0.05) is 30.3 Å².